The maximum absolute atomic E-state index is 6.50. The van der Waals surface area contributed by atoms with Crippen LogP contribution in [0, 0.1) is 0 Å². The minimum Gasteiger partial charge on any atom is -0.355 e. The summed E-state index contributed by atoms with van der Waals surface area (Å²) < 4.78 is -0.425. The van der Waals surface area contributed by atoms with E-state index in [1.165, 1.54) is 0 Å². The Morgan fingerprint density at radius 2 is 2.09 bits per heavy atom. The van der Waals surface area contributed by atoms with Gasteiger partial charge >= 0.3 is 0 Å². The van der Waals surface area contributed by atoms with E-state index in [-0.39, 0.29) is 0 Å². The van der Waals surface area contributed by atoms with E-state index in [0.29, 0.717) is 10.0 Å². The molecule has 2 heterocycles. The molecule has 0 spiro atoms. The monoisotopic (exact) mass is 459 g/mol. The van der Waals surface area contributed by atoms with Crippen LogP contribution in [-0.2, 0) is 9.97 Å². The van der Waals surface area contributed by atoms with Crippen molar-refractivity contribution in [3.05, 3.63) is 63.9 Å². The van der Waals surface area contributed by atoms with Gasteiger partial charge in [0.1, 0.15) is 3.55 Å². The van der Waals surface area contributed by atoms with Gasteiger partial charge in [0.25, 0.3) is 0 Å². The Labute approximate surface area is 159 Å². The zero-order valence-corrected chi connectivity index (χ0v) is 16.1. The molecule has 1 aliphatic heterocycles. The van der Waals surface area contributed by atoms with Crippen molar-refractivity contribution in [2.75, 3.05) is 6.54 Å². The number of rotatable bonds is 4. The number of nitrogens with one attached hydrogen (secondary N) is 1. The third kappa shape index (κ3) is 3.98. The lowest BCUT2D eigenvalue weighted by Crippen LogP contribution is -2.42. The van der Waals surface area contributed by atoms with Crippen molar-refractivity contribution in [3.63, 3.8) is 0 Å². The first kappa shape index (κ1) is 17.0. The number of hydrogen-bond donors (Lipinski definition) is 1. The Morgan fingerprint density at radius 3 is 2.78 bits per heavy atom. The summed E-state index contributed by atoms with van der Waals surface area (Å²) in [6.45, 7) is 0.880. The second kappa shape index (κ2) is 7.36. The number of halogens is 3. The molecule has 6 heteroatoms. The minimum absolute atomic E-state index is 0.425. The number of aromatic nitrogens is 1. The molecule has 1 aliphatic rings. The van der Waals surface area contributed by atoms with Gasteiger partial charge in [-0.15, -0.1) is 0 Å². The summed E-state index contributed by atoms with van der Waals surface area (Å²) in [6.07, 6.45) is 6.45. The minimum atomic E-state index is -0.425. The van der Waals surface area contributed by atoms with Crippen molar-refractivity contribution < 1.29 is 0 Å². The average molecular weight is 460 g/mol. The molecule has 0 fully saturated rings. The van der Waals surface area contributed by atoms with Crippen molar-refractivity contribution in [1.82, 2.24) is 10.3 Å². The summed E-state index contributed by atoms with van der Waals surface area (Å²) in [4.78, 5) is 8.76. The number of alkyl halides is 1. The fourth-order valence-corrected chi connectivity index (χ4v) is 4.49. The third-order valence-electron chi connectivity index (χ3n) is 3.77. The van der Waals surface area contributed by atoms with Gasteiger partial charge in [-0.1, -0.05) is 41.4 Å². The second-order valence-corrected chi connectivity index (χ2v) is 8.12. The topological polar surface area (TPSA) is 37.3 Å². The molecule has 3 nitrogen and oxygen atoms in total. The van der Waals surface area contributed by atoms with Crippen LogP contribution >= 0.6 is 45.8 Å². The lowest BCUT2D eigenvalue weighted by atomic mass is 9.99. The Morgan fingerprint density at radius 1 is 1.22 bits per heavy atom. The molecule has 3 rings (SSSR count). The highest BCUT2D eigenvalue weighted by Crippen LogP contribution is 2.40. The zero-order valence-electron chi connectivity index (χ0n) is 12.4. The van der Waals surface area contributed by atoms with E-state index < -0.39 is 3.55 Å². The van der Waals surface area contributed by atoms with Gasteiger partial charge in [0.2, 0.25) is 0 Å². The van der Waals surface area contributed by atoms with Crippen LogP contribution in [0.15, 0.2) is 47.7 Å². The second-order valence-electron chi connectivity index (χ2n) is 5.50. The van der Waals surface area contributed by atoms with Crippen molar-refractivity contribution in [2.45, 2.75) is 22.8 Å². The Kier molecular flexibility index (Phi) is 5.44. The van der Waals surface area contributed by atoms with Crippen LogP contribution in [0.4, 0.5) is 0 Å². The summed E-state index contributed by atoms with van der Waals surface area (Å²) in [7, 11) is 0. The fraction of sp³-hybridized carbons (Fsp3) is 0.294. The molecule has 1 aromatic carbocycles. The molecule has 120 valence electrons. The molecule has 0 aliphatic carbocycles. The van der Waals surface area contributed by atoms with E-state index in [2.05, 4.69) is 44.0 Å². The number of aliphatic imine (C=N–C) groups is 1. The predicted molar refractivity (Wildman–Crippen MR) is 105 cm³/mol. The number of hydrogen-bond acceptors (Lipinski definition) is 3. The van der Waals surface area contributed by atoms with Crippen molar-refractivity contribution in [1.29, 1.82) is 0 Å². The van der Waals surface area contributed by atoms with Crippen molar-refractivity contribution in [2.24, 2.45) is 4.99 Å². The Hall–Kier alpha value is -0.850. The summed E-state index contributed by atoms with van der Waals surface area (Å²) in [5.41, 5.74) is 2.09. The van der Waals surface area contributed by atoms with Crippen LogP contribution in [0.3, 0.4) is 0 Å². The maximum atomic E-state index is 6.50. The van der Waals surface area contributed by atoms with Crippen LogP contribution in [0.2, 0.25) is 10.0 Å². The van der Waals surface area contributed by atoms with Gasteiger partial charge in [-0.3, -0.25) is 9.98 Å². The third-order valence-corrected chi connectivity index (χ3v) is 5.82. The largest absolute Gasteiger partial charge is 0.355 e. The molecular formula is C17H16Cl2IN3. The standard InChI is InChI=1S/C17H16Cl2IN3/c18-14-6-1-5-13(16(14)19)17(20,23-15-7-3-9-22-15)10-12-4-2-8-21-11-12/h1-2,4-6,8,11H,3,7,9-10H2,(H,22,23). The summed E-state index contributed by atoms with van der Waals surface area (Å²) in [5.74, 6) is 1.03. The first-order chi connectivity index (χ1) is 11.1. The van der Waals surface area contributed by atoms with Crippen molar-refractivity contribution >= 4 is 51.6 Å². The van der Waals surface area contributed by atoms with Crippen LogP contribution in [0.25, 0.3) is 0 Å². The van der Waals surface area contributed by atoms with Crippen molar-refractivity contribution in [3.8, 4) is 0 Å². The smallest absolute Gasteiger partial charge is 0.121 e. The Balaban J connectivity index is 1.99. The highest BCUT2D eigenvalue weighted by Gasteiger charge is 2.33. The van der Waals surface area contributed by atoms with E-state index in [9.17, 15) is 0 Å². The Bertz CT molecular complexity index is 721. The lowest BCUT2D eigenvalue weighted by molar-refractivity contribution is 0.606. The molecule has 1 unspecified atom stereocenters. The number of nitrogens with zero attached hydrogens (tertiary/aromatic N) is 2. The molecule has 23 heavy (non-hydrogen) atoms. The van der Waals surface area contributed by atoms with Gasteiger partial charge in [0.15, 0.2) is 0 Å². The van der Waals surface area contributed by atoms with E-state index in [1.54, 1.807) is 6.20 Å². The first-order valence-corrected chi connectivity index (χ1v) is 9.26. The normalized spacial score (nSPS) is 16.7. The molecule has 2 aromatic rings. The molecule has 0 saturated heterocycles. The highest BCUT2D eigenvalue weighted by molar-refractivity contribution is 14.1. The fourth-order valence-electron chi connectivity index (χ4n) is 2.67. The van der Waals surface area contributed by atoms with Gasteiger partial charge < -0.3 is 5.32 Å². The van der Waals surface area contributed by atoms with Gasteiger partial charge in [-0.25, -0.2) is 0 Å². The van der Waals surface area contributed by atoms with Crippen LogP contribution in [-0.4, -0.2) is 17.4 Å². The molecule has 0 bridgehead atoms. The van der Waals surface area contributed by atoms with E-state index >= 15 is 0 Å². The number of benzene rings is 1. The van der Waals surface area contributed by atoms with E-state index in [4.69, 9.17) is 23.2 Å². The van der Waals surface area contributed by atoms with Gasteiger partial charge in [0.05, 0.1) is 15.9 Å². The molecule has 0 amide bonds. The van der Waals surface area contributed by atoms with E-state index in [1.807, 2.05) is 30.5 Å². The van der Waals surface area contributed by atoms with Gasteiger partial charge in [-0.2, -0.15) is 0 Å². The highest BCUT2D eigenvalue weighted by atomic mass is 127. The molecule has 0 saturated carbocycles. The maximum Gasteiger partial charge on any atom is 0.121 e. The van der Waals surface area contributed by atoms with Gasteiger partial charge in [-0.05, 0) is 46.7 Å². The predicted octanol–water partition coefficient (Wildman–Crippen LogP) is 5.00. The molecule has 1 N–H and O–H groups in total. The molecular weight excluding hydrogens is 444 g/mol. The molecule has 1 aromatic heterocycles. The zero-order chi connectivity index (χ0) is 16.3. The quantitative estimate of drug-likeness (QED) is 0.396. The van der Waals surface area contributed by atoms with Crippen LogP contribution < -0.4 is 5.32 Å². The lowest BCUT2D eigenvalue weighted by Gasteiger charge is -2.31. The molecule has 0 radical (unpaired) electrons. The number of pyridine rings is 1. The average Bonchev–Trinajstić information content (AvgIpc) is 3.03. The van der Waals surface area contributed by atoms with Gasteiger partial charge in [0, 0.05) is 37.3 Å². The first-order valence-electron chi connectivity index (χ1n) is 7.42. The summed E-state index contributed by atoms with van der Waals surface area (Å²) in [5, 5.41) is 4.73. The van der Waals surface area contributed by atoms with Crippen LogP contribution in [0.1, 0.15) is 24.0 Å². The summed E-state index contributed by atoms with van der Waals surface area (Å²) >= 11 is 15.1. The van der Waals surface area contributed by atoms with E-state index in [0.717, 1.165) is 42.8 Å². The SMILES string of the molecule is Clc1cccc(C(I)(Cc2cccnc2)NC2=NCCC2)c1Cl. The summed E-state index contributed by atoms with van der Waals surface area (Å²) in [6, 6.07) is 9.76. The number of amidine groups is 1. The van der Waals surface area contributed by atoms with Crippen LogP contribution in [0.5, 0.6) is 0 Å². The molecule has 1 atom stereocenters.